The van der Waals surface area contributed by atoms with Crippen LogP contribution < -0.4 is 5.32 Å². The molecule has 0 atom stereocenters. The molecule has 1 N–H and O–H groups in total. The van der Waals surface area contributed by atoms with Gasteiger partial charge in [0.15, 0.2) is 5.96 Å². The van der Waals surface area contributed by atoms with Gasteiger partial charge < -0.3 is 14.8 Å². The predicted molar refractivity (Wildman–Crippen MR) is 118 cm³/mol. The third-order valence-corrected chi connectivity index (χ3v) is 6.21. The van der Waals surface area contributed by atoms with Gasteiger partial charge in [0.2, 0.25) is 0 Å². The second kappa shape index (κ2) is 9.69. The van der Waals surface area contributed by atoms with Crippen LogP contribution in [0.1, 0.15) is 28.8 Å². The van der Waals surface area contributed by atoms with Gasteiger partial charge in [0.25, 0.3) is 0 Å². The summed E-state index contributed by atoms with van der Waals surface area (Å²) >= 11 is 1.80. The quantitative estimate of drug-likeness (QED) is 0.482. The van der Waals surface area contributed by atoms with Crippen LogP contribution in [0.15, 0.2) is 53.1 Å². The fourth-order valence-electron chi connectivity index (χ4n) is 3.70. The summed E-state index contributed by atoms with van der Waals surface area (Å²) in [7, 11) is 0. The van der Waals surface area contributed by atoms with Crippen molar-refractivity contribution in [1.82, 2.24) is 25.0 Å². The zero-order chi connectivity index (χ0) is 19.9. The van der Waals surface area contributed by atoms with Gasteiger partial charge >= 0.3 is 0 Å². The van der Waals surface area contributed by atoms with Gasteiger partial charge in [-0.2, -0.15) is 0 Å². The Kier molecular flexibility index (Phi) is 6.56. The molecule has 0 saturated carbocycles. The summed E-state index contributed by atoms with van der Waals surface area (Å²) in [4.78, 5) is 8.72. The van der Waals surface area contributed by atoms with Crippen molar-refractivity contribution in [3.8, 4) is 0 Å². The van der Waals surface area contributed by atoms with Gasteiger partial charge in [-0.1, -0.05) is 37.3 Å². The molecule has 0 bridgehead atoms. The summed E-state index contributed by atoms with van der Waals surface area (Å²) in [5.41, 5.74) is 2.86. The number of fused-ring (bicyclic) bond motifs is 1. The SMILES string of the molecule is CCc1nncn1CCNC(=NCCc1cccs1)N1CCc2ccccc2C1. The Bertz CT molecular complexity index is 930. The van der Waals surface area contributed by atoms with E-state index < -0.39 is 0 Å². The molecule has 0 saturated heterocycles. The Morgan fingerprint density at radius 3 is 2.93 bits per heavy atom. The lowest BCUT2D eigenvalue weighted by Gasteiger charge is -2.32. The second-order valence-corrected chi connectivity index (χ2v) is 8.23. The molecule has 0 aliphatic carbocycles. The van der Waals surface area contributed by atoms with E-state index >= 15 is 0 Å². The number of hydrogen-bond donors (Lipinski definition) is 1. The number of nitrogens with zero attached hydrogens (tertiary/aromatic N) is 5. The third-order valence-electron chi connectivity index (χ3n) is 5.28. The summed E-state index contributed by atoms with van der Waals surface area (Å²) in [5, 5.41) is 13.9. The Balaban J connectivity index is 1.42. The monoisotopic (exact) mass is 408 g/mol. The molecular weight excluding hydrogens is 380 g/mol. The van der Waals surface area contributed by atoms with E-state index in [1.807, 2.05) is 6.33 Å². The smallest absolute Gasteiger partial charge is 0.194 e. The standard InChI is InChI=1S/C22H28N6S/c1-2-21-26-25-17-28(21)14-12-24-22(23-11-9-20-8-5-15-29-20)27-13-10-18-6-3-4-7-19(18)16-27/h3-8,15,17H,2,9-14,16H2,1H3,(H,23,24). The molecule has 3 heterocycles. The highest BCUT2D eigenvalue weighted by Gasteiger charge is 2.19. The summed E-state index contributed by atoms with van der Waals surface area (Å²) < 4.78 is 2.11. The summed E-state index contributed by atoms with van der Waals surface area (Å²) in [6.07, 6.45) is 4.75. The van der Waals surface area contributed by atoms with Crippen molar-refractivity contribution in [1.29, 1.82) is 0 Å². The molecule has 2 aromatic heterocycles. The van der Waals surface area contributed by atoms with Crippen LogP contribution in [-0.4, -0.2) is 45.3 Å². The zero-order valence-electron chi connectivity index (χ0n) is 16.9. The van der Waals surface area contributed by atoms with Gasteiger partial charge in [-0.25, -0.2) is 0 Å². The average molecular weight is 409 g/mol. The van der Waals surface area contributed by atoms with Crippen LogP contribution in [0.2, 0.25) is 0 Å². The summed E-state index contributed by atoms with van der Waals surface area (Å²) in [6.45, 7) is 6.46. The molecule has 0 fully saturated rings. The van der Waals surface area contributed by atoms with Crippen molar-refractivity contribution in [3.63, 3.8) is 0 Å². The molecule has 6 nitrogen and oxygen atoms in total. The van der Waals surface area contributed by atoms with Gasteiger partial charge in [-0.15, -0.1) is 21.5 Å². The first-order valence-corrected chi connectivity index (χ1v) is 11.2. The molecule has 1 aromatic carbocycles. The molecule has 29 heavy (non-hydrogen) atoms. The van der Waals surface area contributed by atoms with E-state index in [2.05, 4.69) is 73.7 Å². The fraction of sp³-hybridized carbons (Fsp3) is 0.409. The van der Waals surface area contributed by atoms with Crippen LogP contribution in [0.3, 0.4) is 0 Å². The Morgan fingerprint density at radius 1 is 1.21 bits per heavy atom. The molecular formula is C22H28N6S. The van der Waals surface area contributed by atoms with E-state index in [9.17, 15) is 0 Å². The van der Waals surface area contributed by atoms with Crippen LogP contribution in [0.5, 0.6) is 0 Å². The summed E-state index contributed by atoms with van der Waals surface area (Å²) in [5.74, 6) is 2.03. The first-order valence-electron chi connectivity index (χ1n) is 10.3. The van der Waals surface area contributed by atoms with E-state index in [4.69, 9.17) is 4.99 Å². The molecule has 7 heteroatoms. The highest BCUT2D eigenvalue weighted by atomic mass is 32.1. The second-order valence-electron chi connectivity index (χ2n) is 7.20. The van der Waals surface area contributed by atoms with Gasteiger partial charge in [0.1, 0.15) is 12.2 Å². The lowest BCUT2D eigenvalue weighted by molar-refractivity contribution is 0.376. The van der Waals surface area contributed by atoms with E-state index in [0.29, 0.717) is 0 Å². The number of benzene rings is 1. The number of nitrogens with one attached hydrogen (secondary N) is 1. The van der Waals surface area contributed by atoms with Crippen molar-refractivity contribution >= 4 is 17.3 Å². The molecule has 0 radical (unpaired) electrons. The summed E-state index contributed by atoms with van der Waals surface area (Å²) in [6, 6.07) is 13.0. The van der Waals surface area contributed by atoms with Crippen molar-refractivity contribution in [2.45, 2.75) is 39.3 Å². The maximum absolute atomic E-state index is 4.95. The van der Waals surface area contributed by atoms with Crippen LogP contribution >= 0.6 is 11.3 Å². The van der Waals surface area contributed by atoms with E-state index in [1.54, 1.807) is 11.3 Å². The van der Waals surface area contributed by atoms with E-state index in [1.165, 1.54) is 16.0 Å². The normalized spacial score (nSPS) is 14.1. The number of aliphatic imine (C=N–C) groups is 1. The molecule has 0 unspecified atom stereocenters. The number of aromatic nitrogens is 3. The number of rotatable bonds is 7. The minimum Gasteiger partial charge on any atom is -0.354 e. The van der Waals surface area contributed by atoms with Crippen molar-refractivity contribution in [3.05, 3.63) is 69.9 Å². The zero-order valence-corrected chi connectivity index (χ0v) is 17.7. The molecule has 1 aliphatic rings. The van der Waals surface area contributed by atoms with Gasteiger partial charge in [-0.05, 0) is 29.0 Å². The number of hydrogen-bond acceptors (Lipinski definition) is 4. The molecule has 152 valence electrons. The minimum atomic E-state index is 0.799. The first-order chi connectivity index (χ1) is 14.3. The fourth-order valence-corrected chi connectivity index (χ4v) is 4.40. The van der Waals surface area contributed by atoms with Gasteiger partial charge in [-0.3, -0.25) is 4.99 Å². The van der Waals surface area contributed by atoms with E-state index in [-0.39, 0.29) is 0 Å². The molecule has 0 spiro atoms. The Morgan fingerprint density at radius 2 is 2.10 bits per heavy atom. The van der Waals surface area contributed by atoms with Gasteiger partial charge in [0.05, 0.1) is 0 Å². The van der Waals surface area contributed by atoms with Crippen molar-refractivity contribution < 1.29 is 0 Å². The highest BCUT2D eigenvalue weighted by Crippen LogP contribution is 2.18. The number of aryl methyl sites for hydroxylation is 1. The molecule has 0 amide bonds. The van der Waals surface area contributed by atoms with Crippen LogP contribution in [-0.2, 0) is 32.4 Å². The first kappa shape index (κ1) is 19.6. The molecule has 3 aromatic rings. The van der Waals surface area contributed by atoms with Crippen LogP contribution in [0.25, 0.3) is 0 Å². The van der Waals surface area contributed by atoms with Crippen LogP contribution in [0.4, 0.5) is 0 Å². The predicted octanol–water partition coefficient (Wildman–Crippen LogP) is 3.15. The lowest BCUT2D eigenvalue weighted by Crippen LogP contribution is -2.45. The van der Waals surface area contributed by atoms with E-state index in [0.717, 1.165) is 63.8 Å². The topological polar surface area (TPSA) is 58.3 Å². The lowest BCUT2D eigenvalue weighted by atomic mass is 10.0. The molecule has 1 aliphatic heterocycles. The van der Waals surface area contributed by atoms with Crippen molar-refractivity contribution in [2.75, 3.05) is 19.6 Å². The third kappa shape index (κ3) is 5.03. The molecule has 4 rings (SSSR count). The largest absolute Gasteiger partial charge is 0.354 e. The average Bonchev–Trinajstić information content (AvgIpc) is 3.44. The number of thiophene rings is 1. The van der Waals surface area contributed by atoms with Crippen LogP contribution in [0, 0.1) is 0 Å². The van der Waals surface area contributed by atoms with Gasteiger partial charge in [0, 0.05) is 50.4 Å². The number of guanidine groups is 1. The Labute approximate surface area is 176 Å². The van der Waals surface area contributed by atoms with Crippen molar-refractivity contribution in [2.24, 2.45) is 4.99 Å². The maximum Gasteiger partial charge on any atom is 0.194 e. The Hall–Kier alpha value is -2.67. The minimum absolute atomic E-state index is 0.799. The highest BCUT2D eigenvalue weighted by molar-refractivity contribution is 7.09. The maximum atomic E-state index is 4.95.